The summed E-state index contributed by atoms with van der Waals surface area (Å²) in [6.45, 7) is 0. The van der Waals surface area contributed by atoms with E-state index in [1.165, 1.54) is 12.1 Å². The minimum atomic E-state index is -1.49. The second-order valence-corrected chi connectivity index (χ2v) is 5.73. The molecule has 5 nitrogen and oxygen atoms in total. The molecule has 1 amide bonds. The number of nitrogens with one attached hydrogen (secondary N) is 1. The highest BCUT2D eigenvalue weighted by atomic mass is 35.5. The number of halogens is 1. The van der Waals surface area contributed by atoms with E-state index in [1.807, 2.05) is 0 Å². The van der Waals surface area contributed by atoms with E-state index in [-0.39, 0.29) is 16.7 Å². The van der Waals surface area contributed by atoms with E-state index in [0.29, 0.717) is 5.69 Å². The van der Waals surface area contributed by atoms with Crippen LogP contribution < -0.4 is 5.32 Å². The molecule has 0 saturated carbocycles. The predicted octanol–water partition coefficient (Wildman–Crippen LogP) is 3.34. The third kappa shape index (κ3) is 2.95. The van der Waals surface area contributed by atoms with E-state index in [9.17, 15) is 19.6 Å². The molecule has 0 aliphatic heterocycles. The van der Waals surface area contributed by atoms with Crippen LogP contribution in [0.2, 0.25) is 0 Å². The van der Waals surface area contributed by atoms with Crippen molar-refractivity contribution in [3.05, 3.63) is 76.3 Å². The van der Waals surface area contributed by atoms with Gasteiger partial charge in [-0.15, -0.1) is 0 Å². The molecule has 0 bridgehead atoms. The summed E-state index contributed by atoms with van der Waals surface area (Å²) in [6, 6.07) is 16.5. The molecule has 1 aliphatic rings. The number of benzene rings is 2. The molecule has 6 heteroatoms. The molecule has 1 N–H and O–H groups in total. The molecule has 3 rings (SSSR count). The quantitative estimate of drug-likeness (QED) is 0.919. The van der Waals surface area contributed by atoms with Crippen LogP contribution in [0.1, 0.15) is 20.7 Å². The third-order valence-corrected chi connectivity index (χ3v) is 4.19. The van der Waals surface area contributed by atoms with Crippen molar-refractivity contribution in [3.8, 4) is 6.07 Å². The molecule has 0 heterocycles. The molecule has 0 aromatic heterocycles. The van der Waals surface area contributed by atoms with E-state index < -0.39 is 28.4 Å². The summed E-state index contributed by atoms with van der Waals surface area (Å²) in [4.78, 5) is 37.6. The lowest BCUT2D eigenvalue weighted by Gasteiger charge is -2.20. The van der Waals surface area contributed by atoms with Gasteiger partial charge in [-0.2, -0.15) is 5.26 Å². The molecule has 0 spiro atoms. The Labute approximate surface area is 148 Å². The van der Waals surface area contributed by atoms with Gasteiger partial charge in [-0.3, -0.25) is 14.4 Å². The van der Waals surface area contributed by atoms with Crippen molar-refractivity contribution in [2.45, 2.75) is 0 Å². The van der Waals surface area contributed by atoms with Gasteiger partial charge < -0.3 is 5.32 Å². The van der Waals surface area contributed by atoms with E-state index in [1.54, 1.807) is 48.5 Å². The molecule has 0 radical (unpaired) electrons. The lowest BCUT2D eigenvalue weighted by molar-refractivity contribution is -0.117. The predicted molar refractivity (Wildman–Crippen MR) is 92.2 cm³/mol. The number of para-hydroxylation sites is 1. The van der Waals surface area contributed by atoms with Gasteiger partial charge in [0.25, 0.3) is 0 Å². The maximum atomic E-state index is 12.7. The average molecular weight is 351 g/mol. The average Bonchev–Trinajstić information content (AvgIpc) is 2.64. The number of ketones is 2. The molecule has 0 saturated heterocycles. The standard InChI is InChI=1S/C19H11ClN2O3/c20-16-15(17(23)12-8-4-5-9-13(12)18(16)24)14(10-21)19(25)22-11-6-2-1-3-7-11/h1-9,14H,(H,22,25)/t14-/m1/s1. The van der Waals surface area contributed by atoms with Crippen LogP contribution in [0.5, 0.6) is 0 Å². The molecule has 0 fully saturated rings. The van der Waals surface area contributed by atoms with E-state index >= 15 is 0 Å². The summed E-state index contributed by atoms with van der Waals surface area (Å²) >= 11 is 6.05. The van der Waals surface area contributed by atoms with Gasteiger partial charge in [0.2, 0.25) is 11.7 Å². The van der Waals surface area contributed by atoms with Crippen LogP contribution in [0.4, 0.5) is 5.69 Å². The summed E-state index contributed by atoms with van der Waals surface area (Å²) in [5.74, 6) is -3.37. The number of rotatable bonds is 3. The summed E-state index contributed by atoms with van der Waals surface area (Å²) in [5.41, 5.74) is 0.488. The van der Waals surface area contributed by atoms with Gasteiger partial charge in [0.05, 0.1) is 11.1 Å². The van der Waals surface area contributed by atoms with Crippen molar-refractivity contribution < 1.29 is 14.4 Å². The Hall–Kier alpha value is -3.23. The molecule has 1 aliphatic carbocycles. The Bertz CT molecular complexity index is 958. The number of hydrogen-bond acceptors (Lipinski definition) is 4. The summed E-state index contributed by atoms with van der Waals surface area (Å²) < 4.78 is 0. The number of Topliss-reactive ketones (excluding diaryl/α,β-unsaturated/α-hetero) is 2. The Balaban J connectivity index is 2.00. The van der Waals surface area contributed by atoms with Crippen LogP contribution in [-0.4, -0.2) is 17.5 Å². The first-order valence-corrected chi connectivity index (χ1v) is 7.76. The molecule has 122 valence electrons. The maximum Gasteiger partial charge on any atom is 0.246 e. The van der Waals surface area contributed by atoms with Crippen molar-refractivity contribution >= 4 is 34.8 Å². The van der Waals surface area contributed by atoms with Crippen LogP contribution in [0.3, 0.4) is 0 Å². The third-order valence-electron chi connectivity index (χ3n) is 3.82. The van der Waals surface area contributed by atoms with E-state index in [2.05, 4.69) is 5.32 Å². The number of hydrogen-bond donors (Lipinski definition) is 1. The first-order valence-electron chi connectivity index (χ1n) is 7.38. The number of amides is 1. The van der Waals surface area contributed by atoms with Crippen molar-refractivity contribution in [2.75, 3.05) is 5.32 Å². The minimum absolute atomic E-state index is 0.139. The van der Waals surface area contributed by atoms with Crippen LogP contribution in [-0.2, 0) is 4.79 Å². The van der Waals surface area contributed by atoms with Gasteiger partial charge in [-0.25, -0.2) is 0 Å². The van der Waals surface area contributed by atoms with Crippen molar-refractivity contribution in [1.82, 2.24) is 0 Å². The summed E-state index contributed by atoms with van der Waals surface area (Å²) in [6.07, 6.45) is 0. The molecule has 1 atom stereocenters. The Morgan fingerprint density at radius 2 is 1.52 bits per heavy atom. The van der Waals surface area contributed by atoms with Crippen LogP contribution in [0, 0.1) is 17.2 Å². The van der Waals surface area contributed by atoms with Gasteiger partial charge >= 0.3 is 0 Å². The normalized spacial score (nSPS) is 14.6. The first kappa shape index (κ1) is 16.6. The molecule has 2 aromatic carbocycles. The zero-order valence-electron chi connectivity index (χ0n) is 12.8. The molecule has 0 unspecified atom stereocenters. The minimum Gasteiger partial charge on any atom is -0.325 e. The van der Waals surface area contributed by atoms with Crippen LogP contribution in [0.15, 0.2) is 65.2 Å². The van der Waals surface area contributed by atoms with Crippen molar-refractivity contribution in [1.29, 1.82) is 5.26 Å². The molecule has 25 heavy (non-hydrogen) atoms. The lowest BCUT2D eigenvalue weighted by atomic mass is 9.83. The number of carbonyl (C=O) groups excluding carboxylic acids is 3. The summed E-state index contributed by atoms with van der Waals surface area (Å²) in [5, 5.41) is 11.6. The zero-order valence-corrected chi connectivity index (χ0v) is 13.6. The monoisotopic (exact) mass is 350 g/mol. The fourth-order valence-corrected chi connectivity index (χ4v) is 2.91. The Morgan fingerprint density at radius 1 is 0.960 bits per heavy atom. The Kier molecular flexibility index (Phi) is 4.46. The molecular formula is C19H11ClN2O3. The highest BCUT2D eigenvalue weighted by molar-refractivity contribution is 6.50. The second kappa shape index (κ2) is 6.71. The van der Waals surface area contributed by atoms with Gasteiger partial charge in [0.15, 0.2) is 11.7 Å². The summed E-state index contributed by atoms with van der Waals surface area (Å²) in [7, 11) is 0. The fourth-order valence-electron chi connectivity index (χ4n) is 2.61. The van der Waals surface area contributed by atoms with Crippen molar-refractivity contribution in [3.63, 3.8) is 0 Å². The van der Waals surface area contributed by atoms with E-state index in [4.69, 9.17) is 11.6 Å². The number of nitriles is 1. The topological polar surface area (TPSA) is 87.0 Å². The van der Waals surface area contributed by atoms with Gasteiger partial charge in [-0.1, -0.05) is 54.1 Å². The maximum absolute atomic E-state index is 12.7. The van der Waals surface area contributed by atoms with Crippen LogP contribution in [0.25, 0.3) is 0 Å². The smallest absolute Gasteiger partial charge is 0.246 e. The fraction of sp³-hybridized carbons (Fsp3) is 0.0526. The van der Waals surface area contributed by atoms with Gasteiger partial charge in [-0.05, 0) is 12.1 Å². The SMILES string of the molecule is N#C[C@@H](C(=O)Nc1ccccc1)C1=C(Cl)C(=O)c2ccccc2C1=O. The highest BCUT2D eigenvalue weighted by Gasteiger charge is 2.38. The number of fused-ring (bicyclic) bond motifs is 1. The zero-order chi connectivity index (χ0) is 18.0. The van der Waals surface area contributed by atoms with Crippen molar-refractivity contribution in [2.24, 2.45) is 5.92 Å². The number of nitrogens with zero attached hydrogens (tertiary/aromatic N) is 1. The van der Waals surface area contributed by atoms with Crippen LogP contribution >= 0.6 is 11.6 Å². The van der Waals surface area contributed by atoms with E-state index in [0.717, 1.165) is 0 Å². The lowest BCUT2D eigenvalue weighted by Crippen LogP contribution is -2.31. The van der Waals surface area contributed by atoms with Gasteiger partial charge in [0.1, 0.15) is 0 Å². The first-order chi connectivity index (χ1) is 12.0. The Morgan fingerprint density at radius 3 is 2.12 bits per heavy atom. The number of carbonyl (C=O) groups is 3. The largest absolute Gasteiger partial charge is 0.325 e. The number of allylic oxidation sites excluding steroid dienone is 1. The van der Waals surface area contributed by atoms with Gasteiger partial charge in [0, 0.05) is 22.4 Å². The second-order valence-electron chi connectivity index (χ2n) is 5.35. The molecular weight excluding hydrogens is 340 g/mol. The number of anilines is 1. The highest BCUT2D eigenvalue weighted by Crippen LogP contribution is 2.32. The molecule has 2 aromatic rings.